The van der Waals surface area contributed by atoms with Gasteiger partial charge in [-0.2, -0.15) is 0 Å². The van der Waals surface area contributed by atoms with E-state index >= 15 is 0 Å². The molecule has 0 radical (unpaired) electrons. The van der Waals surface area contributed by atoms with Crippen LogP contribution in [0.4, 0.5) is 11.4 Å². The summed E-state index contributed by atoms with van der Waals surface area (Å²) in [6.07, 6.45) is 0. The van der Waals surface area contributed by atoms with E-state index < -0.39 is 0 Å². The molecule has 0 saturated carbocycles. The minimum atomic E-state index is -0.372. The zero-order valence-electron chi connectivity index (χ0n) is 11.3. The van der Waals surface area contributed by atoms with E-state index in [1.165, 1.54) is 6.07 Å². The van der Waals surface area contributed by atoms with E-state index in [2.05, 4.69) is 5.32 Å². The highest BCUT2D eigenvalue weighted by molar-refractivity contribution is 5.53. The summed E-state index contributed by atoms with van der Waals surface area (Å²) in [5.74, 6) is 0. The van der Waals surface area contributed by atoms with Gasteiger partial charge in [0.05, 0.1) is 10.5 Å². The van der Waals surface area contributed by atoms with Gasteiger partial charge in [0, 0.05) is 30.5 Å². The van der Waals surface area contributed by atoms with Gasteiger partial charge in [-0.3, -0.25) is 10.1 Å². The van der Waals surface area contributed by atoms with Gasteiger partial charge in [-0.1, -0.05) is 0 Å². The normalized spacial score (nSPS) is 11.3. The Morgan fingerprint density at radius 1 is 1.44 bits per heavy atom. The SMILES string of the molecule is CCOC(C)(C)CNc1ccc([N+](=O)[O-])c(C)c1. The molecule has 1 rings (SSSR count). The highest BCUT2D eigenvalue weighted by Gasteiger charge is 2.17. The summed E-state index contributed by atoms with van der Waals surface area (Å²) in [7, 11) is 0. The van der Waals surface area contributed by atoms with Crippen LogP contribution < -0.4 is 5.32 Å². The molecule has 5 heteroatoms. The molecule has 0 bridgehead atoms. The van der Waals surface area contributed by atoms with Crippen LogP contribution in [0.25, 0.3) is 0 Å². The Morgan fingerprint density at radius 3 is 2.61 bits per heavy atom. The number of aryl methyl sites for hydroxylation is 1. The molecule has 0 aromatic heterocycles. The molecule has 0 fully saturated rings. The summed E-state index contributed by atoms with van der Waals surface area (Å²) < 4.78 is 5.57. The van der Waals surface area contributed by atoms with Crippen molar-refractivity contribution < 1.29 is 9.66 Å². The maximum absolute atomic E-state index is 10.7. The minimum Gasteiger partial charge on any atom is -0.382 e. The van der Waals surface area contributed by atoms with Crippen LogP contribution in [0.3, 0.4) is 0 Å². The van der Waals surface area contributed by atoms with Crippen LogP contribution in [-0.2, 0) is 4.74 Å². The van der Waals surface area contributed by atoms with E-state index in [1.807, 2.05) is 20.8 Å². The van der Waals surface area contributed by atoms with Gasteiger partial charge in [-0.05, 0) is 39.8 Å². The molecule has 0 unspecified atom stereocenters. The molecular weight excluding hydrogens is 232 g/mol. The maximum atomic E-state index is 10.7. The fourth-order valence-electron chi connectivity index (χ4n) is 1.73. The first-order valence-electron chi connectivity index (χ1n) is 5.98. The Labute approximate surface area is 107 Å². The summed E-state index contributed by atoms with van der Waals surface area (Å²) >= 11 is 0. The molecular formula is C13H20N2O3. The van der Waals surface area contributed by atoms with Crippen LogP contribution in [-0.4, -0.2) is 23.7 Å². The summed E-state index contributed by atoms with van der Waals surface area (Å²) in [5.41, 5.74) is 1.40. The Morgan fingerprint density at radius 2 is 2.11 bits per heavy atom. The molecule has 0 spiro atoms. The van der Waals surface area contributed by atoms with Gasteiger partial charge in [-0.25, -0.2) is 0 Å². The van der Waals surface area contributed by atoms with Crippen molar-refractivity contribution in [1.82, 2.24) is 0 Å². The van der Waals surface area contributed by atoms with Crippen molar-refractivity contribution in [3.63, 3.8) is 0 Å². The summed E-state index contributed by atoms with van der Waals surface area (Å²) in [5, 5.41) is 13.9. The molecule has 5 nitrogen and oxygen atoms in total. The topological polar surface area (TPSA) is 64.4 Å². The standard InChI is InChI=1S/C13H20N2O3/c1-5-18-13(3,4)9-14-11-6-7-12(15(16)17)10(2)8-11/h6-8,14H,5,9H2,1-4H3. The zero-order chi connectivity index (χ0) is 13.8. The Kier molecular flexibility index (Phi) is 4.67. The number of hydrogen-bond acceptors (Lipinski definition) is 4. The molecule has 1 aromatic carbocycles. The number of nitro benzene ring substituents is 1. The van der Waals surface area contributed by atoms with Crippen LogP contribution in [0.15, 0.2) is 18.2 Å². The van der Waals surface area contributed by atoms with Crippen LogP contribution in [0, 0.1) is 17.0 Å². The lowest BCUT2D eigenvalue weighted by Crippen LogP contribution is -2.33. The van der Waals surface area contributed by atoms with Crippen LogP contribution >= 0.6 is 0 Å². The number of nitrogens with one attached hydrogen (secondary N) is 1. The van der Waals surface area contributed by atoms with Crippen molar-refractivity contribution in [2.45, 2.75) is 33.3 Å². The number of nitrogens with zero attached hydrogens (tertiary/aromatic N) is 1. The predicted octanol–water partition coefficient (Wildman–Crippen LogP) is 3.13. The Hall–Kier alpha value is -1.62. The Balaban J connectivity index is 2.70. The molecule has 0 aliphatic carbocycles. The van der Waals surface area contributed by atoms with Gasteiger partial charge in [0.1, 0.15) is 0 Å². The molecule has 0 aliphatic heterocycles. The van der Waals surface area contributed by atoms with E-state index in [0.29, 0.717) is 18.7 Å². The number of nitro groups is 1. The largest absolute Gasteiger partial charge is 0.382 e. The number of hydrogen-bond donors (Lipinski definition) is 1. The number of rotatable bonds is 6. The van der Waals surface area contributed by atoms with E-state index in [9.17, 15) is 10.1 Å². The Bertz CT molecular complexity index is 430. The number of ether oxygens (including phenoxy) is 1. The van der Waals surface area contributed by atoms with E-state index in [4.69, 9.17) is 4.74 Å². The van der Waals surface area contributed by atoms with Gasteiger partial charge >= 0.3 is 0 Å². The summed E-state index contributed by atoms with van der Waals surface area (Å²) in [6, 6.07) is 5.01. The summed E-state index contributed by atoms with van der Waals surface area (Å²) in [4.78, 5) is 10.3. The fourth-order valence-corrected chi connectivity index (χ4v) is 1.73. The first-order valence-corrected chi connectivity index (χ1v) is 5.98. The smallest absolute Gasteiger partial charge is 0.272 e. The number of benzene rings is 1. The second-order valence-electron chi connectivity index (χ2n) is 4.80. The van der Waals surface area contributed by atoms with Crippen LogP contribution in [0.2, 0.25) is 0 Å². The van der Waals surface area contributed by atoms with Gasteiger partial charge in [-0.15, -0.1) is 0 Å². The predicted molar refractivity (Wildman–Crippen MR) is 72.0 cm³/mol. The minimum absolute atomic E-state index is 0.143. The average Bonchev–Trinajstić information content (AvgIpc) is 2.26. The van der Waals surface area contributed by atoms with Crippen LogP contribution in [0.1, 0.15) is 26.3 Å². The quantitative estimate of drug-likeness (QED) is 0.624. The number of anilines is 1. The highest BCUT2D eigenvalue weighted by Crippen LogP contribution is 2.22. The van der Waals surface area contributed by atoms with Crippen LogP contribution in [0.5, 0.6) is 0 Å². The molecule has 1 N–H and O–H groups in total. The third-order valence-electron chi connectivity index (χ3n) is 2.65. The lowest BCUT2D eigenvalue weighted by Gasteiger charge is -2.25. The molecule has 100 valence electrons. The average molecular weight is 252 g/mol. The van der Waals surface area contributed by atoms with E-state index in [1.54, 1.807) is 19.1 Å². The molecule has 0 amide bonds. The third-order valence-corrected chi connectivity index (χ3v) is 2.65. The lowest BCUT2D eigenvalue weighted by molar-refractivity contribution is -0.385. The second-order valence-corrected chi connectivity index (χ2v) is 4.80. The molecule has 0 saturated heterocycles. The monoisotopic (exact) mass is 252 g/mol. The van der Waals surface area contributed by atoms with E-state index in [-0.39, 0.29) is 16.2 Å². The lowest BCUT2D eigenvalue weighted by atomic mass is 10.1. The fraction of sp³-hybridized carbons (Fsp3) is 0.538. The second kappa shape index (κ2) is 5.82. The van der Waals surface area contributed by atoms with Crippen molar-refractivity contribution in [3.8, 4) is 0 Å². The van der Waals surface area contributed by atoms with Gasteiger partial charge in [0.2, 0.25) is 0 Å². The van der Waals surface area contributed by atoms with Crippen molar-refractivity contribution >= 4 is 11.4 Å². The highest BCUT2D eigenvalue weighted by atomic mass is 16.6. The van der Waals surface area contributed by atoms with Gasteiger partial charge in [0.15, 0.2) is 0 Å². The molecule has 0 atom stereocenters. The van der Waals surface area contributed by atoms with Crippen molar-refractivity contribution in [3.05, 3.63) is 33.9 Å². The van der Waals surface area contributed by atoms with Gasteiger partial charge < -0.3 is 10.1 Å². The van der Waals surface area contributed by atoms with E-state index in [0.717, 1.165) is 5.69 Å². The third kappa shape index (κ3) is 4.00. The maximum Gasteiger partial charge on any atom is 0.272 e. The van der Waals surface area contributed by atoms with Crippen molar-refractivity contribution in [1.29, 1.82) is 0 Å². The first kappa shape index (κ1) is 14.4. The molecule has 18 heavy (non-hydrogen) atoms. The van der Waals surface area contributed by atoms with Gasteiger partial charge in [0.25, 0.3) is 5.69 Å². The molecule has 0 heterocycles. The first-order chi connectivity index (χ1) is 8.35. The molecule has 0 aliphatic rings. The zero-order valence-corrected chi connectivity index (χ0v) is 11.3. The van der Waals surface area contributed by atoms with Crippen molar-refractivity contribution in [2.24, 2.45) is 0 Å². The summed E-state index contributed by atoms with van der Waals surface area (Å²) in [6.45, 7) is 9.00. The van der Waals surface area contributed by atoms with Crippen molar-refractivity contribution in [2.75, 3.05) is 18.5 Å². The molecule has 1 aromatic rings.